The third-order valence-corrected chi connectivity index (χ3v) is 5.20. The number of carbonyl (C=O) groups is 2. The van der Waals surface area contributed by atoms with Gasteiger partial charge in [-0.2, -0.15) is 0 Å². The summed E-state index contributed by atoms with van der Waals surface area (Å²) in [4.78, 5) is 25.7. The molecule has 0 bridgehead atoms. The Hall–Kier alpha value is -2.42. The number of rotatable bonds is 3. The van der Waals surface area contributed by atoms with Crippen molar-refractivity contribution in [2.75, 3.05) is 6.54 Å². The number of halogens is 1. The lowest BCUT2D eigenvalue weighted by Gasteiger charge is -2.11. The fourth-order valence-electron chi connectivity index (χ4n) is 2.81. The minimum absolute atomic E-state index is 0.0132. The summed E-state index contributed by atoms with van der Waals surface area (Å²) in [6.07, 6.45) is 6.95. The van der Waals surface area contributed by atoms with E-state index in [-0.39, 0.29) is 17.7 Å². The van der Waals surface area contributed by atoms with Crippen LogP contribution in [0.2, 0.25) is 5.02 Å². The summed E-state index contributed by atoms with van der Waals surface area (Å²) >= 11 is 7.22. The molecule has 1 saturated heterocycles. The van der Waals surface area contributed by atoms with Crippen molar-refractivity contribution in [2.45, 2.75) is 13.8 Å². The highest BCUT2D eigenvalue weighted by Crippen LogP contribution is 2.34. The molecule has 1 fully saturated rings. The lowest BCUT2D eigenvalue weighted by molar-refractivity contribution is -0.122. The van der Waals surface area contributed by atoms with E-state index in [1.165, 1.54) is 0 Å². The normalized spacial score (nSPS) is 15.9. The first-order valence-corrected chi connectivity index (χ1v) is 8.76. The Morgan fingerprint density at radius 3 is 2.68 bits per heavy atom. The van der Waals surface area contributed by atoms with Gasteiger partial charge in [-0.15, -0.1) is 6.42 Å². The summed E-state index contributed by atoms with van der Waals surface area (Å²) in [5.74, 6) is 1.98. The predicted octanol–water partition coefficient (Wildman–Crippen LogP) is 4.42. The zero-order chi connectivity index (χ0) is 18.1. The molecule has 0 aliphatic carbocycles. The highest BCUT2D eigenvalue weighted by Gasteiger charge is 2.34. The fourth-order valence-corrected chi connectivity index (χ4v) is 3.86. The van der Waals surface area contributed by atoms with Gasteiger partial charge in [0.25, 0.3) is 11.1 Å². The number of amides is 2. The van der Waals surface area contributed by atoms with Gasteiger partial charge in [-0.3, -0.25) is 14.5 Å². The lowest BCUT2D eigenvalue weighted by atomic mass is 10.2. The number of aromatic nitrogens is 1. The average Bonchev–Trinajstić information content (AvgIpc) is 2.99. The molecule has 126 valence electrons. The fraction of sp³-hybridized carbons (Fsp3) is 0.158. The maximum Gasteiger partial charge on any atom is 0.294 e. The van der Waals surface area contributed by atoms with E-state index in [2.05, 4.69) is 5.92 Å². The number of imide groups is 1. The summed E-state index contributed by atoms with van der Waals surface area (Å²) in [6.45, 7) is 3.91. The zero-order valence-electron chi connectivity index (χ0n) is 13.7. The smallest absolute Gasteiger partial charge is 0.294 e. The van der Waals surface area contributed by atoms with E-state index in [1.807, 2.05) is 48.7 Å². The maximum absolute atomic E-state index is 12.3. The summed E-state index contributed by atoms with van der Waals surface area (Å²) in [6, 6.07) is 9.54. The number of nitrogens with zero attached hydrogens (tertiary/aromatic N) is 2. The monoisotopic (exact) mass is 370 g/mol. The highest BCUT2D eigenvalue weighted by atomic mass is 35.5. The minimum Gasteiger partial charge on any atom is -0.316 e. The summed E-state index contributed by atoms with van der Waals surface area (Å²) in [5.41, 5.74) is 3.66. The van der Waals surface area contributed by atoms with Crippen LogP contribution in [0.3, 0.4) is 0 Å². The number of benzene rings is 1. The molecule has 2 heterocycles. The van der Waals surface area contributed by atoms with Crippen molar-refractivity contribution in [3.63, 3.8) is 0 Å². The molecule has 0 spiro atoms. The Labute approximate surface area is 155 Å². The van der Waals surface area contributed by atoms with Crippen molar-refractivity contribution in [3.8, 4) is 18.0 Å². The molecule has 1 aliphatic heterocycles. The van der Waals surface area contributed by atoms with Crippen LogP contribution in [-0.2, 0) is 4.79 Å². The van der Waals surface area contributed by atoms with E-state index >= 15 is 0 Å². The number of hydrogen-bond donors (Lipinski definition) is 0. The molecule has 0 unspecified atom stereocenters. The maximum atomic E-state index is 12.3. The topological polar surface area (TPSA) is 42.3 Å². The standard InChI is InChI=1S/C19H15ClN2O2S/c1-4-9-21-18(23)17(25-19(21)24)11-14-10-12(2)22(13(14)3)16-8-6-5-7-15(16)20/h1,5-8,10-11H,9H2,2-3H3/b17-11+. The van der Waals surface area contributed by atoms with E-state index in [0.29, 0.717) is 9.93 Å². The minimum atomic E-state index is -0.351. The van der Waals surface area contributed by atoms with Crippen LogP contribution in [0, 0.1) is 26.2 Å². The molecule has 2 aromatic rings. The molecule has 2 amide bonds. The molecule has 1 aliphatic rings. The first-order chi connectivity index (χ1) is 11.9. The Morgan fingerprint density at radius 2 is 2.00 bits per heavy atom. The number of terminal acetylenes is 1. The van der Waals surface area contributed by atoms with E-state index < -0.39 is 0 Å². The van der Waals surface area contributed by atoms with Crippen molar-refractivity contribution < 1.29 is 9.59 Å². The van der Waals surface area contributed by atoms with Gasteiger partial charge in [-0.05, 0) is 55.4 Å². The molecule has 3 rings (SSSR count). The van der Waals surface area contributed by atoms with Crippen LogP contribution >= 0.6 is 23.4 Å². The summed E-state index contributed by atoms with van der Waals surface area (Å²) in [5, 5.41) is 0.305. The van der Waals surface area contributed by atoms with Crippen molar-refractivity contribution in [3.05, 3.63) is 57.2 Å². The number of thioether (sulfide) groups is 1. The SMILES string of the molecule is C#CCN1C(=O)S/C(=C/c2cc(C)n(-c3ccccc3Cl)c2C)C1=O. The molecule has 0 atom stereocenters. The molecule has 1 aromatic heterocycles. The van der Waals surface area contributed by atoms with E-state index in [9.17, 15) is 9.59 Å². The zero-order valence-corrected chi connectivity index (χ0v) is 15.3. The van der Waals surface area contributed by atoms with Gasteiger partial charge < -0.3 is 4.57 Å². The molecular weight excluding hydrogens is 356 g/mol. The third-order valence-electron chi connectivity index (χ3n) is 3.97. The van der Waals surface area contributed by atoms with E-state index in [0.717, 1.165) is 39.3 Å². The van der Waals surface area contributed by atoms with Gasteiger partial charge in [0.05, 0.1) is 22.2 Å². The molecule has 0 radical (unpaired) electrons. The molecule has 4 nitrogen and oxygen atoms in total. The van der Waals surface area contributed by atoms with Crippen LogP contribution in [0.5, 0.6) is 0 Å². The molecule has 0 N–H and O–H groups in total. The number of carbonyl (C=O) groups excluding carboxylic acids is 2. The van der Waals surface area contributed by atoms with Gasteiger partial charge in [0.15, 0.2) is 0 Å². The van der Waals surface area contributed by atoms with Gasteiger partial charge >= 0.3 is 0 Å². The van der Waals surface area contributed by atoms with Crippen LogP contribution in [0.4, 0.5) is 4.79 Å². The molecule has 25 heavy (non-hydrogen) atoms. The second kappa shape index (κ2) is 6.83. The molecular formula is C19H15ClN2O2S. The molecule has 6 heteroatoms. The Morgan fingerprint density at radius 1 is 1.28 bits per heavy atom. The summed E-state index contributed by atoms with van der Waals surface area (Å²) in [7, 11) is 0. The van der Waals surface area contributed by atoms with Crippen molar-refractivity contribution in [2.24, 2.45) is 0 Å². The summed E-state index contributed by atoms with van der Waals surface area (Å²) < 4.78 is 2.03. The van der Waals surface area contributed by atoms with Crippen molar-refractivity contribution in [1.29, 1.82) is 0 Å². The van der Waals surface area contributed by atoms with Crippen LogP contribution in [-0.4, -0.2) is 27.2 Å². The van der Waals surface area contributed by atoms with Crippen LogP contribution < -0.4 is 0 Å². The van der Waals surface area contributed by atoms with Crippen LogP contribution in [0.25, 0.3) is 11.8 Å². The van der Waals surface area contributed by atoms with E-state index in [1.54, 1.807) is 6.08 Å². The number of aryl methyl sites for hydroxylation is 1. The lowest BCUT2D eigenvalue weighted by Crippen LogP contribution is -2.28. The molecule has 0 saturated carbocycles. The largest absolute Gasteiger partial charge is 0.316 e. The van der Waals surface area contributed by atoms with Crippen LogP contribution in [0.15, 0.2) is 35.2 Å². The van der Waals surface area contributed by atoms with Gasteiger partial charge in [-0.25, -0.2) is 0 Å². The van der Waals surface area contributed by atoms with Crippen molar-refractivity contribution in [1.82, 2.24) is 9.47 Å². The second-order valence-electron chi connectivity index (χ2n) is 5.59. The third kappa shape index (κ3) is 3.11. The first-order valence-electron chi connectivity index (χ1n) is 7.56. The Kier molecular flexibility index (Phi) is 4.76. The highest BCUT2D eigenvalue weighted by molar-refractivity contribution is 8.18. The van der Waals surface area contributed by atoms with Gasteiger partial charge in [0.2, 0.25) is 0 Å². The number of hydrogen-bond acceptors (Lipinski definition) is 3. The quantitative estimate of drug-likeness (QED) is 0.593. The Balaban J connectivity index is 2.03. The van der Waals surface area contributed by atoms with Gasteiger partial charge in [0, 0.05) is 11.4 Å². The van der Waals surface area contributed by atoms with Gasteiger partial charge in [-0.1, -0.05) is 29.7 Å². The Bertz CT molecular complexity index is 953. The van der Waals surface area contributed by atoms with Crippen molar-refractivity contribution >= 4 is 40.6 Å². The van der Waals surface area contributed by atoms with E-state index in [4.69, 9.17) is 18.0 Å². The first kappa shape index (κ1) is 17.4. The van der Waals surface area contributed by atoms with Gasteiger partial charge in [0.1, 0.15) is 0 Å². The average molecular weight is 371 g/mol. The predicted molar refractivity (Wildman–Crippen MR) is 102 cm³/mol. The van der Waals surface area contributed by atoms with Crippen LogP contribution in [0.1, 0.15) is 17.0 Å². The second-order valence-corrected chi connectivity index (χ2v) is 6.99. The molecule has 1 aromatic carbocycles. The number of para-hydroxylation sites is 1.